The van der Waals surface area contributed by atoms with Crippen molar-refractivity contribution in [2.75, 3.05) is 0 Å². The molecule has 3 unspecified atom stereocenters. The molecule has 2 aliphatic rings. The van der Waals surface area contributed by atoms with Gasteiger partial charge in [-0.3, -0.25) is 4.79 Å². The minimum atomic E-state index is -3.77. The highest BCUT2D eigenvalue weighted by molar-refractivity contribution is 6.29. The third-order valence-electron chi connectivity index (χ3n) is 5.54. The summed E-state index contributed by atoms with van der Waals surface area (Å²) in [6, 6.07) is 4.66. The molecule has 4 rings (SSSR count). The Morgan fingerprint density at radius 1 is 1.20 bits per heavy atom. The molecular weight excluding hydrogens is 488 g/mol. The lowest BCUT2D eigenvalue weighted by Crippen LogP contribution is -2.69. The molecule has 0 saturated carbocycles. The Bertz CT molecular complexity index is 1160. The van der Waals surface area contributed by atoms with Crippen LogP contribution < -0.4 is 14.8 Å². The maximum absolute atomic E-state index is 13.3. The van der Waals surface area contributed by atoms with Crippen molar-refractivity contribution in [3.8, 4) is 11.5 Å². The second-order valence-electron chi connectivity index (χ2n) is 8.48. The van der Waals surface area contributed by atoms with Crippen LogP contribution in [-0.2, 0) is 20.7 Å². The maximum Gasteiger partial charge on any atom is 0.586 e. The highest BCUT2D eigenvalue weighted by Gasteiger charge is 2.55. The number of fused-ring (bicyclic) bond motifs is 1. The van der Waals surface area contributed by atoms with Crippen molar-refractivity contribution >= 4 is 29.5 Å². The van der Waals surface area contributed by atoms with Crippen molar-refractivity contribution in [1.29, 1.82) is 0 Å². The topological polar surface area (TPSA) is 107 Å². The van der Waals surface area contributed by atoms with E-state index in [1.165, 1.54) is 24.4 Å². The number of rotatable bonds is 6. The summed E-state index contributed by atoms with van der Waals surface area (Å²) in [6.45, 7) is 4.91. The number of carbonyl (C=O) groups excluding carboxylic acids is 3. The van der Waals surface area contributed by atoms with Crippen LogP contribution in [0.1, 0.15) is 37.9 Å². The molecule has 0 radical (unpaired) electrons. The molecule has 2 aliphatic heterocycles. The number of nitrogens with zero attached hydrogens (tertiary/aromatic N) is 2. The standard InChI is InChI=1S/C23H22ClF2N3O6/c1-11(2)33-21(31)19-15(8-13-4-7-18(24)27-10-13)20(30)29(19)22(32)28-12(3)14-5-6-16-17(9-14)35-23(25,26)34-16/h4-7,9-12,15,19H,8H2,1-3H3,(H,28,32). The molecule has 0 aliphatic carbocycles. The van der Waals surface area contributed by atoms with Crippen LogP contribution in [0.15, 0.2) is 36.5 Å². The lowest BCUT2D eigenvalue weighted by Gasteiger charge is -2.44. The Hall–Kier alpha value is -3.47. The fourth-order valence-electron chi connectivity index (χ4n) is 3.90. The number of imide groups is 1. The lowest BCUT2D eigenvalue weighted by molar-refractivity contribution is -0.286. The van der Waals surface area contributed by atoms with Crippen LogP contribution in [0.4, 0.5) is 13.6 Å². The number of alkyl halides is 2. The van der Waals surface area contributed by atoms with E-state index in [0.29, 0.717) is 11.1 Å². The Balaban J connectivity index is 1.49. The van der Waals surface area contributed by atoms with E-state index >= 15 is 0 Å². The van der Waals surface area contributed by atoms with E-state index in [-0.39, 0.29) is 23.1 Å². The Kier molecular flexibility index (Phi) is 6.54. The number of ether oxygens (including phenoxy) is 3. The van der Waals surface area contributed by atoms with Gasteiger partial charge < -0.3 is 19.5 Å². The number of carbonyl (C=O) groups is 3. The Labute approximate surface area is 204 Å². The largest absolute Gasteiger partial charge is 0.586 e. The number of pyridine rings is 1. The number of β-lactam (4-membered cyclic amide) rings is 1. The second kappa shape index (κ2) is 9.29. The zero-order valence-electron chi connectivity index (χ0n) is 19.0. The van der Waals surface area contributed by atoms with Crippen LogP contribution >= 0.6 is 11.6 Å². The molecule has 35 heavy (non-hydrogen) atoms. The summed E-state index contributed by atoms with van der Waals surface area (Å²) in [5.74, 6) is -2.40. The molecule has 1 fully saturated rings. The van der Waals surface area contributed by atoms with Crippen molar-refractivity contribution in [1.82, 2.24) is 15.2 Å². The van der Waals surface area contributed by atoms with Crippen molar-refractivity contribution in [3.63, 3.8) is 0 Å². The first-order chi connectivity index (χ1) is 16.4. The molecule has 0 spiro atoms. The first-order valence-corrected chi connectivity index (χ1v) is 11.2. The number of benzene rings is 1. The van der Waals surface area contributed by atoms with Crippen molar-refractivity contribution < 1.29 is 37.4 Å². The van der Waals surface area contributed by atoms with Gasteiger partial charge in [0.2, 0.25) is 5.91 Å². The summed E-state index contributed by atoms with van der Waals surface area (Å²) in [5, 5.41) is 2.90. The minimum absolute atomic E-state index is 0.133. The number of esters is 1. The van der Waals surface area contributed by atoms with E-state index < -0.39 is 48.3 Å². The lowest BCUT2D eigenvalue weighted by atomic mass is 9.82. The molecule has 12 heteroatoms. The fraction of sp³-hybridized carbons (Fsp3) is 0.391. The molecule has 1 aromatic carbocycles. The van der Waals surface area contributed by atoms with Crippen LogP contribution in [0.3, 0.4) is 0 Å². The molecule has 3 atom stereocenters. The Morgan fingerprint density at radius 2 is 1.91 bits per heavy atom. The van der Waals surface area contributed by atoms with Crippen molar-refractivity contribution in [2.45, 2.75) is 51.7 Å². The predicted octanol–water partition coefficient (Wildman–Crippen LogP) is 3.85. The SMILES string of the molecule is CC(C)OC(=O)C1C(Cc2ccc(Cl)nc2)C(=O)N1C(=O)NC(C)c1ccc2c(c1)OC(F)(F)O2. The van der Waals surface area contributed by atoms with Gasteiger partial charge in [-0.1, -0.05) is 23.7 Å². The normalized spacial score (nSPS) is 20.9. The smallest absolute Gasteiger partial charge is 0.461 e. The van der Waals surface area contributed by atoms with E-state index in [0.717, 1.165) is 4.90 Å². The zero-order valence-corrected chi connectivity index (χ0v) is 19.7. The monoisotopic (exact) mass is 509 g/mol. The van der Waals surface area contributed by atoms with Gasteiger partial charge in [-0.15, -0.1) is 8.78 Å². The molecule has 1 aromatic heterocycles. The van der Waals surface area contributed by atoms with Crippen LogP contribution in [-0.4, -0.2) is 46.2 Å². The zero-order chi connectivity index (χ0) is 25.5. The summed E-state index contributed by atoms with van der Waals surface area (Å²) in [5.41, 5.74) is 1.09. The van der Waals surface area contributed by atoms with Gasteiger partial charge in [0.25, 0.3) is 0 Å². The summed E-state index contributed by atoms with van der Waals surface area (Å²) < 4.78 is 40.7. The second-order valence-corrected chi connectivity index (χ2v) is 8.87. The number of amides is 3. The number of halogens is 3. The fourth-order valence-corrected chi connectivity index (χ4v) is 4.01. The summed E-state index contributed by atoms with van der Waals surface area (Å²) in [7, 11) is 0. The van der Waals surface area contributed by atoms with Crippen molar-refractivity contribution in [3.05, 3.63) is 52.8 Å². The van der Waals surface area contributed by atoms with Crippen LogP contribution in [0.25, 0.3) is 0 Å². The van der Waals surface area contributed by atoms with Gasteiger partial charge in [0.05, 0.1) is 18.1 Å². The number of likely N-dealkylation sites (tertiary alicyclic amines) is 1. The summed E-state index contributed by atoms with van der Waals surface area (Å²) in [4.78, 5) is 43.4. The van der Waals surface area contributed by atoms with Gasteiger partial charge in [0.1, 0.15) is 5.15 Å². The number of hydrogen-bond donors (Lipinski definition) is 1. The highest BCUT2D eigenvalue weighted by Crippen LogP contribution is 2.42. The van der Waals surface area contributed by atoms with E-state index in [9.17, 15) is 23.2 Å². The molecule has 9 nitrogen and oxygen atoms in total. The van der Waals surface area contributed by atoms with Gasteiger partial charge >= 0.3 is 18.3 Å². The number of hydrogen-bond acceptors (Lipinski definition) is 7. The minimum Gasteiger partial charge on any atom is -0.461 e. The van der Waals surface area contributed by atoms with E-state index in [4.69, 9.17) is 16.3 Å². The van der Waals surface area contributed by atoms with Crippen LogP contribution in [0, 0.1) is 5.92 Å². The van der Waals surface area contributed by atoms with Crippen LogP contribution in [0.2, 0.25) is 5.15 Å². The van der Waals surface area contributed by atoms with Crippen LogP contribution in [0.5, 0.6) is 11.5 Å². The average Bonchev–Trinajstić information content (AvgIpc) is 3.08. The van der Waals surface area contributed by atoms with Gasteiger partial charge in [0.15, 0.2) is 17.5 Å². The van der Waals surface area contributed by atoms with E-state index in [2.05, 4.69) is 19.8 Å². The average molecular weight is 510 g/mol. The third kappa shape index (κ3) is 5.14. The first-order valence-electron chi connectivity index (χ1n) is 10.8. The molecular formula is C23H22ClF2N3O6. The molecule has 0 bridgehead atoms. The molecule has 2 aromatic rings. The predicted molar refractivity (Wildman–Crippen MR) is 118 cm³/mol. The first kappa shape index (κ1) is 24.6. The third-order valence-corrected chi connectivity index (χ3v) is 5.76. The summed E-state index contributed by atoms with van der Waals surface area (Å²) >= 11 is 5.80. The summed E-state index contributed by atoms with van der Waals surface area (Å²) in [6.07, 6.45) is -2.56. The molecule has 3 amide bonds. The van der Waals surface area contributed by atoms with Gasteiger partial charge in [0, 0.05) is 6.20 Å². The number of nitrogens with one attached hydrogen (secondary N) is 1. The number of aromatic nitrogens is 1. The van der Waals surface area contributed by atoms with Gasteiger partial charge in [-0.25, -0.2) is 19.5 Å². The molecule has 186 valence electrons. The maximum atomic E-state index is 13.3. The quantitative estimate of drug-likeness (QED) is 0.358. The molecule has 3 heterocycles. The van der Waals surface area contributed by atoms with E-state index in [1.54, 1.807) is 32.9 Å². The molecule has 1 saturated heterocycles. The van der Waals surface area contributed by atoms with E-state index in [1.807, 2.05) is 0 Å². The van der Waals surface area contributed by atoms with Gasteiger partial charge in [-0.2, -0.15) is 0 Å². The Morgan fingerprint density at radius 3 is 2.57 bits per heavy atom. The highest BCUT2D eigenvalue weighted by atomic mass is 35.5. The molecule has 1 N–H and O–H groups in total. The van der Waals surface area contributed by atoms with Gasteiger partial charge in [-0.05, 0) is 56.5 Å². The number of urea groups is 1. The van der Waals surface area contributed by atoms with Crippen molar-refractivity contribution in [2.24, 2.45) is 5.92 Å².